The van der Waals surface area contributed by atoms with Gasteiger partial charge < -0.3 is 10.2 Å². The normalized spacial score (nSPS) is 8.87. The Bertz CT molecular complexity index is 986. The van der Waals surface area contributed by atoms with Gasteiger partial charge >= 0.3 is 21.7 Å². The van der Waals surface area contributed by atoms with Gasteiger partial charge in [0, 0.05) is 9.52 Å². The summed E-state index contributed by atoms with van der Waals surface area (Å²) in [6.07, 6.45) is 0. The summed E-state index contributed by atoms with van der Waals surface area (Å²) < 4.78 is 0. The van der Waals surface area contributed by atoms with E-state index in [1.54, 1.807) is 0 Å². The zero-order valence-electron chi connectivity index (χ0n) is 18.1. The fourth-order valence-electron chi connectivity index (χ4n) is 2.97. The molecule has 0 aliphatic heterocycles. The molecule has 0 saturated carbocycles. The van der Waals surface area contributed by atoms with Gasteiger partial charge in [0.15, 0.2) is 0 Å². The zero-order valence-corrected chi connectivity index (χ0v) is 20.6. The smallest absolute Gasteiger partial charge is 0.857 e. The molecule has 2 nitrogen and oxygen atoms in total. The fourth-order valence-corrected chi connectivity index (χ4v) is 2.97. The van der Waals surface area contributed by atoms with Crippen molar-refractivity contribution in [2.24, 2.45) is 0 Å². The van der Waals surface area contributed by atoms with Gasteiger partial charge in [-0.3, -0.25) is 0 Å². The summed E-state index contributed by atoms with van der Waals surface area (Å²) in [4.78, 5) is 0. The van der Waals surface area contributed by atoms with Crippen molar-refractivity contribution in [3.05, 3.63) is 97.1 Å². The molecule has 30 heavy (non-hydrogen) atoms. The van der Waals surface area contributed by atoms with E-state index in [0.717, 1.165) is 23.7 Å². The third-order valence-corrected chi connectivity index (χ3v) is 4.07. The topological polar surface area (TPSA) is 46.1 Å². The van der Waals surface area contributed by atoms with Crippen molar-refractivity contribution in [3.8, 4) is 0 Å². The fraction of sp³-hybridized carbons (Fsp3) is 0.154. The number of hydrogen-bond acceptors (Lipinski definition) is 2. The quantitative estimate of drug-likeness (QED) is 0.247. The van der Waals surface area contributed by atoms with Crippen molar-refractivity contribution in [2.45, 2.75) is 13.1 Å². The Morgan fingerprint density at radius 2 is 1.00 bits per heavy atom. The summed E-state index contributed by atoms with van der Waals surface area (Å²) in [5.41, 5.74) is 0. The van der Waals surface area contributed by atoms with E-state index in [1.165, 1.54) is 32.3 Å². The first-order chi connectivity index (χ1) is 14.3. The molecule has 0 aliphatic carbocycles. The van der Waals surface area contributed by atoms with E-state index >= 15 is 0 Å². The summed E-state index contributed by atoms with van der Waals surface area (Å²) in [5.74, 6) is 0. The molecule has 0 N–H and O–H groups in total. The molecule has 0 spiro atoms. The molecule has 0 heterocycles. The van der Waals surface area contributed by atoms with E-state index < -0.39 is 0 Å². The standard InChI is InChI=1S/C13H9.C9H7.C2H6Si.2CH3O.Ti/c1-3-7-12-10(5-1)9-11-6-2-4-8-13(11)12;1-2-5-9-7-3-6-8(9)4-1;1-3-2;2*1-2;/h1-9H;1-7H;1-2H3;2*1H3;/q2*-1;;2*-1;+4. The Morgan fingerprint density at radius 1 is 0.600 bits per heavy atom. The van der Waals surface area contributed by atoms with Gasteiger partial charge in [0.05, 0.1) is 0 Å². The van der Waals surface area contributed by atoms with Crippen LogP contribution in [0.15, 0.2) is 97.1 Å². The van der Waals surface area contributed by atoms with Crippen LogP contribution in [0.25, 0.3) is 32.3 Å². The van der Waals surface area contributed by atoms with E-state index in [1.807, 2.05) is 0 Å². The Kier molecular flexibility index (Phi) is 15.6. The molecule has 0 aromatic heterocycles. The van der Waals surface area contributed by atoms with Crippen molar-refractivity contribution in [2.75, 3.05) is 14.2 Å². The number of benzene rings is 3. The van der Waals surface area contributed by atoms with Crippen molar-refractivity contribution in [3.63, 3.8) is 0 Å². The molecule has 2 radical (unpaired) electrons. The molecule has 0 fully saturated rings. The van der Waals surface area contributed by atoms with E-state index in [9.17, 15) is 0 Å². The van der Waals surface area contributed by atoms with Crippen LogP contribution < -0.4 is 10.2 Å². The summed E-state index contributed by atoms with van der Waals surface area (Å²) in [6.45, 7) is 4.31. The SMILES string of the molecule is C[O-].C[O-].C[Si]C.[Ti+4].c1ccc2[cH-]ccc2c1.c1ccc2c(c1)[cH-]c1ccccc12. The van der Waals surface area contributed by atoms with E-state index in [-0.39, 0.29) is 21.7 Å². The first kappa shape index (κ1) is 28.0. The predicted molar refractivity (Wildman–Crippen MR) is 126 cm³/mol. The maximum atomic E-state index is 8.25. The molecule has 4 heteroatoms. The molecule has 0 bridgehead atoms. The van der Waals surface area contributed by atoms with Gasteiger partial charge in [0.1, 0.15) is 0 Å². The number of hydrogen-bond donors (Lipinski definition) is 0. The average molecular weight is 448 g/mol. The molecular weight excluding hydrogens is 420 g/mol. The summed E-state index contributed by atoms with van der Waals surface area (Å²) in [7, 11) is 2.58. The van der Waals surface area contributed by atoms with Crippen LogP contribution in [0.5, 0.6) is 0 Å². The first-order valence-corrected chi connectivity index (χ1v) is 11.4. The van der Waals surface area contributed by atoms with E-state index in [0.29, 0.717) is 0 Å². The summed E-state index contributed by atoms with van der Waals surface area (Å²) in [5, 5.41) is 24.6. The Hall–Kier alpha value is -2.01. The Morgan fingerprint density at radius 3 is 1.47 bits per heavy atom. The Balaban J connectivity index is 0.000000436. The second-order valence-electron chi connectivity index (χ2n) is 5.97. The van der Waals surface area contributed by atoms with Gasteiger partial charge in [-0.05, 0) is 0 Å². The van der Waals surface area contributed by atoms with Crippen molar-refractivity contribution >= 4 is 41.8 Å². The van der Waals surface area contributed by atoms with Gasteiger partial charge in [-0.25, -0.2) is 0 Å². The minimum absolute atomic E-state index is 0. The maximum absolute atomic E-state index is 8.25. The number of rotatable bonds is 0. The summed E-state index contributed by atoms with van der Waals surface area (Å²) >= 11 is 0. The second kappa shape index (κ2) is 16.8. The third kappa shape index (κ3) is 8.02. The molecule has 0 unspecified atom stereocenters. The Labute approximate surface area is 197 Å². The van der Waals surface area contributed by atoms with Crippen LogP contribution in [0.1, 0.15) is 0 Å². The van der Waals surface area contributed by atoms with Crippen LogP contribution in [0, 0.1) is 0 Å². The maximum Gasteiger partial charge on any atom is 4.00 e. The molecular formula is C26H28O2SiTi. The van der Waals surface area contributed by atoms with Crippen LogP contribution in [0.3, 0.4) is 0 Å². The van der Waals surface area contributed by atoms with Crippen LogP contribution in [0.2, 0.25) is 13.1 Å². The largest absolute Gasteiger partial charge is 4.00 e. The van der Waals surface area contributed by atoms with Gasteiger partial charge in [0.25, 0.3) is 0 Å². The van der Waals surface area contributed by atoms with Gasteiger partial charge in [-0.1, -0.05) is 55.6 Å². The van der Waals surface area contributed by atoms with E-state index in [2.05, 4.69) is 110 Å². The van der Waals surface area contributed by atoms with Gasteiger partial charge in [-0.15, -0.1) is 69.4 Å². The predicted octanol–water partition coefficient (Wildman–Crippen LogP) is 5.01. The molecule has 0 saturated heterocycles. The summed E-state index contributed by atoms with van der Waals surface area (Å²) in [6, 6.07) is 33.9. The number of fused-ring (bicyclic) bond motifs is 4. The zero-order chi connectivity index (χ0) is 21.5. The monoisotopic (exact) mass is 448 g/mol. The molecule has 0 atom stereocenters. The first-order valence-electron chi connectivity index (χ1n) is 9.37. The van der Waals surface area contributed by atoms with Crippen LogP contribution in [-0.2, 0) is 21.7 Å². The van der Waals surface area contributed by atoms with Gasteiger partial charge in [-0.2, -0.15) is 31.7 Å². The molecule has 0 aliphatic rings. The third-order valence-electron chi connectivity index (χ3n) is 4.07. The molecule has 5 rings (SSSR count). The molecule has 5 aromatic carbocycles. The van der Waals surface area contributed by atoms with Crippen LogP contribution in [-0.4, -0.2) is 23.7 Å². The molecule has 0 amide bonds. The minimum Gasteiger partial charge on any atom is -0.857 e. The van der Waals surface area contributed by atoms with Crippen LogP contribution >= 0.6 is 0 Å². The van der Waals surface area contributed by atoms with Crippen molar-refractivity contribution < 1.29 is 31.9 Å². The minimum atomic E-state index is 0. The van der Waals surface area contributed by atoms with Gasteiger partial charge in [0.2, 0.25) is 0 Å². The second-order valence-corrected chi connectivity index (χ2v) is 6.97. The average Bonchev–Trinajstić information content (AvgIpc) is 3.42. The van der Waals surface area contributed by atoms with Crippen molar-refractivity contribution in [1.82, 2.24) is 0 Å². The van der Waals surface area contributed by atoms with Crippen molar-refractivity contribution in [1.29, 1.82) is 0 Å². The molecule has 152 valence electrons. The van der Waals surface area contributed by atoms with E-state index in [4.69, 9.17) is 10.2 Å². The molecule has 5 aromatic rings. The van der Waals surface area contributed by atoms with Crippen LogP contribution in [0.4, 0.5) is 0 Å².